The standard InChI is InChI=1S/C18H15BrFNO/c19-10-1-2-12-22-17-7-8-18-14(13-17)9-11-21(18)16-5-3-15(20)4-6-16/h1-9,11,13H,10,12H2. The summed E-state index contributed by atoms with van der Waals surface area (Å²) in [6.45, 7) is 0.551. The first-order chi connectivity index (χ1) is 10.8. The molecule has 0 atom stereocenters. The molecule has 0 fully saturated rings. The van der Waals surface area contributed by atoms with Gasteiger partial charge in [0, 0.05) is 22.6 Å². The molecule has 0 amide bonds. The highest BCUT2D eigenvalue weighted by Crippen LogP contribution is 2.25. The Labute approximate surface area is 137 Å². The van der Waals surface area contributed by atoms with Gasteiger partial charge in [0.1, 0.15) is 18.2 Å². The van der Waals surface area contributed by atoms with Gasteiger partial charge in [-0.1, -0.05) is 28.1 Å². The molecule has 0 bridgehead atoms. The summed E-state index contributed by atoms with van der Waals surface area (Å²) >= 11 is 3.33. The third-order valence-corrected chi connectivity index (χ3v) is 3.74. The largest absolute Gasteiger partial charge is 0.490 e. The van der Waals surface area contributed by atoms with E-state index in [1.807, 2.05) is 47.2 Å². The van der Waals surface area contributed by atoms with Crippen LogP contribution in [0, 0.1) is 5.82 Å². The van der Waals surface area contributed by atoms with Crippen LogP contribution in [0.3, 0.4) is 0 Å². The summed E-state index contributed by atoms with van der Waals surface area (Å²) in [6.07, 6.45) is 5.96. The van der Waals surface area contributed by atoms with E-state index in [1.165, 1.54) is 12.1 Å². The fourth-order valence-electron chi connectivity index (χ4n) is 2.31. The minimum Gasteiger partial charge on any atom is -0.490 e. The zero-order chi connectivity index (χ0) is 15.4. The topological polar surface area (TPSA) is 14.2 Å². The van der Waals surface area contributed by atoms with Crippen LogP contribution in [0.4, 0.5) is 4.39 Å². The molecule has 0 aliphatic carbocycles. The molecule has 3 aromatic rings. The van der Waals surface area contributed by atoms with Crippen molar-refractivity contribution in [2.24, 2.45) is 0 Å². The van der Waals surface area contributed by atoms with Crippen molar-refractivity contribution in [2.75, 3.05) is 11.9 Å². The Bertz CT molecular complexity index is 792. The van der Waals surface area contributed by atoms with Gasteiger partial charge in [0.25, 0.3) is 0 Å². The Morgan fingerprint density at radius 3 is 2.64 bits per heavy atom. The summed E-state index contributed by atoms with van der Waals surface area (Å²) in [5.74, 6) is 0.607. The molecule has 0 aliphatic heterocycles. The molecule has 22 heavy (non-hydrogen) atoms. The van der Waals surface area contributed by atoms with Crippen molar-refractivity contribution in [3.05, 3.63) is 72.7 Å². The SMILES string of the molecule is Fc1ccc(-n2ccc3cc(OCC=CCBr)ccc32)cc1. The summed E-state index contributed by atoms with van der Waals surface area (Å²) in [5, 5.41) is 1.92. The number of nitrogens with zero attached hydrogens (tertiary/aromatic N) is 1. The maximum Gasteiger partial charge on any atom is 0.123 e. The molecule has 4 heteroatoms. The number of ether oxygens (including phenoxy) is 1. The molecule has 0 radical (unpaired) electrons. The van der Waals surface area contributed by atoms with Crippen molar-refractivity contribution in [3.8, 4) is 11.4 Å². The van der Waals surface area contributed by atoms with Gasteiger partial charge in [-0.05, 0) is 48.5 Å². The summed E-state index contributed by atoms with van der Waals surface area (Å²) in [4.78, 5) is 0. The highest BCUT2D eigenvalue weighted by Gasteiger charge is 2.04. The quantitative estimate of drug-likeness (QED) is 0.456. The van der Waals surface area contributed by atoms with Crippen molar-refractivity contribution >= 4 is 26.8 Å². The van der Waals surface area contributed by atoms with Crippen LogP contribution in [-0.4, -0.2) is 16.5 Å². The second-order valence-electron chi connectivity index (χ2n) is 4.82. The van der Waals surface area contributed by atoms with Gasteiger partial charge in [0.2, 0.25) is 0 Å². The minimum atomic E-state index is -0.229. The predicted molar refractivity (Wildman–Crippen MR) is 91.7 cm³/mol. The molecule has 0 saturated heterocycles. The van der Waals surface area contributed by atoms with Crippen molar-refractivity contribution in [1.29, 1.82) is 0 Å². The Morgan fingerprint density at radius 2 is 1.86 bits per heavy atom. The Kier molecular flexibility index (Phi) is 4.59. The fraction of sp³-hybridized carbons (Fsp3) is 0.111. The summed E-state index contributed by atoms with van der Waals surface area (Å²) in [5.41, 5.74) is 2.00. The third kappa shape index (κ3) is 3.22. The highest BCUT2D eigenvalue weighted by molar-refractivity contribution is 9.09. The lowest BCUT2D eigenvalue weighted by Gasteiger charge is -2.07. The average molecular weight is 360 g/mol. The van der Waals surface area contributed by atoms with Gasteiger partial charge < -0.3 is 9.30 Å². The summed E-state index contributed by atoms with van der Waals surface area (Å²) in [7, 11) is 0. The Balaban J connectivity index is 1.86. The number of allylic oxidation sites excluding steroid dienone is 1. The van der Waals surface area contributed by atoms with E-state index in [-0.39, 0.29) is 5.82 Å². The van der Waals surface area contributed by atoms with Crippen molar-refractivity contribution in [1.82, 2.24) is 4.57 Å². The van der Waals surface area contributed by atoms with Crippen LogP contribution in [-0.2, 0) is 0 Å². The van der Waals surface area contributed by atoms with Crippen LogP contribution in [0.5, 0.6) is 5.75 Å². The summed E-state index contributed by atoms with van der Waals surface area (Å²) < 4.78 is 20.7. The van der Waals surface area contributed by atoms with Gasteiger partial charge >= 0.3 is 0 Å². The summed E-state index contributed by atoms with van der Waals surface area (Å²) in [6, 6.07) is 14.5. The molecule has 0 spiro atoms. The van der Waals surface area contributed by atoms with Crippen molar-refractivity contribution in [2.45, 2.75) is 0 Å². The molecule has 112 valence electrons. The van der Waals surface area contributed by atoms with Gasteiger partial charge in [-0.2, -0.15) is 0 Å². The van der Waals surface area contributed by atoms with Crippen LogP contribution >= 0.6 is 15.9 Å². The second-order valence-corrected chi connectivity index (χ2v) is 5.47. The zero-order valence-corrected chi connectivity index (χ0v) is 13.5. The minimum absolute atomic E-state index is 0.229. The van der Waals surface area contributed by atoms with Crippen molar-refractivity contribution < 1.29 is 9.13 Å². The number of alkyl halides is 1. The van der Waals surface area contributed by atoms with E-state index >= 15 is 0 Å². The maximum atomic E-state index is 13.0. The van der Waals surface area contributed by atoms with E-state index in [2.05, 4.69) is 15.9 Å². The zero-order valence-electron chi connectivity index (χ0n) is 11.9. The Hall–Kier alpha value is -2.07. The van der Waals surface area contributed by atoms with E-state index in [9.17, 15) is 4.39 Å². The lowest BCUT2D eigenvalue weighted by Crippen LogP contribution is -1.94. The van der Waals surface area contributed by atoms with Crippen LogP contribution in [0.25, 0.3) is 16.6 Å². The first kappa shape index (κ1) is 14.9. The van der Waals surface area contributed by atoms with Crippen LogP contribution < -0.4 is 4.74 Å². The van der Waals surface area contributed by atoms with Gasteiger partial charge in [-0.25, -0.2) is 4.39 Å². The normalized spacial score (nSPS) is 11.4. The lowest BCUT2D eigenvalue weighted by atomic mass is 10.2. The fourth-order valence-corrected chi connectivity index (χ4v) is 2.58. The third-order valence-electron chi connectivity index (χ3n) is 3.37. The number of fused-ring (bicyclic) bond motifs is 1. The monoisotopic (exact) mass is 359 g/mol. The van der Waals surface area contributed by atoms with Gasteiger partial charge in [0.05, 0.1) is 5.52 Å². The predicted octanol–water partition coefficient (Wildman–Crippen LogP) is 5.10. The van der Waals surface area contributed by atoms with E-state index in [4.69, 9.17) is 4.74 Å². The first-order valence-electron chi connectivity index (χ1n) is 6.99. The van der Waals surface area contributed by atoms with E-state index in [1.54, 1.807) is 12.1 Å². The number of hydrogen-bond donors (Lipinski definition) is 0. The molecule has 2 aromatic carbocycles. The van der Waals surface area contributed by atoms with Crippen molar-refractivity contribution in [3.63, 3.8) is 0 Å². The second kappa shape index (κ2) is 6.79. The number of hydrogen-bond acceptors (Lipinski definition) is 1. The molecule has 2 nitrogen and oxygen atoms in total. The van der Waals surface area contributed by atoms with Crippen LogP contribution in [0.1, 0.15) is 0 Å². The van der Waals surface area contributed by atoms with E-state index < -0.39 is 0 Å². The molecule has 1 aromatic heterocycles. The van der Waals surface area contributed by atoms with Gasteiger partial charge in [-0.3, -0.25) is 0 Å². The molecular weight excluding hydrogens is 345 g/mol. The lowest BCUT2D eigenvalue weighted by molar-refractivity contribution is 0.363. The molecule has 1 heterocycles. The molecular formula is C18H15BrFNO. The molecule has 0 unspecified atom stereocenters. The molecule has 0 N–H and O–H groups in total. The first-order valence-corrected chi connectivity index (χ1v) is 8.11. The maximum absolute atomic E-state index is 13.0. The molecule has 3 rings (SSSR count). The van der Waals surface area contributed by atoms with E-state index in [0.29, 0.717) is 6.61 Å². The van der Waals surface area contributed by atoms with E-state index in [0.717, 1.165) is 27.7 Å². The number of rotatable bonds is 5. The number of aromatic nitrogens is 1. The van der Waals surface area contributed by atoms with Gasteiger partial charge in [0.15, 0.2) is 0 Å². The average Bonchev–Trinajstić information content (AvgIpc) is 2.95. The highest BCUT2D eigenvalue weighted by atomic mass is 79.9. The smallest absolute Gasteiger partial charge is 0.123 e. The van der Waals surface area contributed by atoms with Crippen LogP contribution in [0.2, 0.25) is 0 Å². The Morgan fingerprint density at radius 1 is 1.05 bits per heavy atom. The molecule has 0 aliphatic rings. The number of halogens is 2. The van der Waals surface area contributed by atoms with Gasteiger partial charge in [-0.15, -0.1) is 0 Å². The number of benzene rings is 2. The molecule has 0 saturated carbocycles. The van der Waals surface area contributed by atoms with Crippen LogP contribution in [0.15, 0.2) is 66.9 Å².